The summed E-state index contributed by atoms with van der Waals surface area (Å²) in [6.45, 7) is 3.82. The number of benzene rings is 3. The topological polar surface area (TPSA) is 83.8 Å². The lowest BCUT2D eigenvalue weighted by molar-refractivity contribution is -0.384. The number of carbonyl (C=O) groups is 2. The largest absolute Gasteiger partial charge is 0.309 e. The first-order chi connectivity index (χ1) is 15.9. The van der Waals surface area contributed by atoms with Crippen molar-refractivity contribution in [1.29, 1.82) is 0 Å². The van der Waals surface area contributed by atoms with Gasteiger partial charge in [0.15, 0.2) is 0 Å². The first-order valence-corrected chi connectivity index (χ1v) is 11.0. The second kappa shape index (κ2) is 9.24. The van der Waals surface area contributed by atoms with Crippen LogP contribution < -0.4 is 9.80 Å². The number of hydrogen-bond donors (Lipinski definition) is 0. The molecule has 2 amide bonds. The van der Waals surface area contributed by atoms with Gasteiger partial charge in [-0.25, -0.2) is 0 Å². The molecule has 0 unspecified atom stereocenters. The van der Waals surface area contributed by atoms with Gasteiger partial charge in [0.2, 0.25) is 5.91 Å². The summed E-state index contributed by atoms with van der Waals surface area (Å²) >= 11 is 0. The molecule has 7 heteroatoms. The van der Waals surface area contributed by atoms with Gasteiger partial charge < -0.3 is 9.80 Å². The third kappa shape index (κ3) is 4.22. The standard InChI is InChI=1S/C26H25N3O4/c1-3-25(30)27-18(2)16-24(22-14-7-8-15-23(22)27)28(20-11-5-4-6-12-20)26(31)19-10-9-13-21(17-19)29(32)33/h4-15,17-18,24H,3,16H2,1-2H3/t18-,24-/m0/s1. The highest BCUT2D eigenvalue weighted by molar-refractivity contribution is 6.07. The lowest BCUT2D eigenvalue weighted by atomic mass is 9.89. The zero-order valence-corrected chi connectivity index (χ0v) is 18.5. The van der Waals surface area contributed by atoms with E-state index in [2.05, 4.69) is 0 Å². The predicted molar refractivity (Wildman–Crippen MR) is 127 cm³/mol. The van der Waals surface area contributed by atoms with Crippen molar-refractivity contribution in [1.82, 2.24) is 0 Å². The highest BCUT2D eigenvalue weighted by atomic mass is 16.6. The van der Waals surface area contributed by atoms with Gasteiger partial charge in [-0.1, -0.05) is 49.4 Å². The Bertz CT molecular complexity index is 1190. The molecule has 1 heterocycles. The van der Waals surface area contributed by atoms with E-state index in [4.69, 9.17) is 0 Å². The van der Waals surface area contributed by atoms with Crippen molar-refractivity contribution in [2.24, 2.45) is 0 Å². The Morgan fingerprint density at radius 1 is 1.03 bits per heavy atom. The Morgan fingerprint density at radius 2 is 1.73 bits per heavy atom. The summed E-state index contributed by atoms with van der Waals surface area (Å²) in [7, 11) is 0. The molecule has 0 aromatic heterocycles. The second-order valence-corrected chi connectivity index (χ2v) is 8.09. The molecule has 0 aliphatic carbocycles. The maximum Gasteiger partial charge on any atom is 0.270 e. The molecule has 0 fully saturated rings. The fourth-order valence-corrected chi connectivity index (χ4v) is 4.50. The summed E-state index contributed by atoms with van der Waals surface area (Å²) in [4.78, 5) is 40.9. The molecule has 3 aromatic carbocycles. The van der Waals surface area contributed by atoms with Gasteiger partial charge >= 0.3 is 0 Å². The van der Waals surface area contributed by atoms with E-state index in [-0.39, 0.29) is 35.1 Å². The van der Waals surface area contributed by atoms with Gasteiger partial charge in [0, 0.05) is 41.5 Å². The van der Waals surface area contributed by atoms with Crippen LogP contribution in [0.25, 0.3) is 0 Å². The normalized spacial score (nSPS) is 17.2. The van der Waals surface area contributed by atoms with Crippen molar-refractivity contribution >= 4 is 28.9 Å². The molecule has 33 heavy (non-hydrogen) atoms. The van der Waals surface area contributed by atoms with Crippen LogP contribution in [0.5, 0.6) is 0 Å². The van der Waals surface area contributed by atoms with Crippen LogP contribution in [0.4, 0.5) is 17.1 Å². The number of non-ortho nitro benzene ring substituents is 1. The Balaban J connectivity index is 1.85. The third-order valence-electron chi connectivity index (χ3n) is 6.00. The highest BCUT2D eigenvalue weighted by Crippen LogP contribution is 2.43. The van der Waals surface area contributed by atoms with Crippen LogP contribution in [0.15, 0.2) is 78.9 Å². The molecule has 0 N–H and O–H groups in total. The molecular formula is C26H25N3O4. The SMILES string of the molecule is CCC(=O)N1c2ccccc2[C@@H](N(C(=O)c2cccc([N+](=O)[O-])c2)c2ccccc2)C[C@@H]1C. The molecule has 0 saturated heterocycles. The van der Waals surface area contributed by atoms with Gasteiger partial charge in [0.05, 0.1) is 11.0 Å². The Labute approximate surface area is 192 Å². The van der Waals surface area contributed by atoms with E-state index in [0.29, 0.717) is 18.5 Å². The van der Waals surface area contributed by atoms with Crippen molar-refractivity contribution in [2.45, 2.75) is 38.8 Å². The van der Waals surface area contributed by atoms with Crippen LogP contribution in [0.3, 0.4) is 0 Å². The zero-order chi connectivity index (χ0) is 23.5. The first-order valence-electron chi connectivity index (χ1n) is 11.0. The summed E-state index contributed by atoms with van der Waals surface area (Å²) in [5, 5.41) is 11.3. The van der Waals surface area contributed by atoms with E-state index in [1.807, 2.05) is 73.3 Å². The van der Waals surface area contributed by atoms with E-state index in [1.54, 1.807) is 11.0 Å². The molecule has 1 aliphatic heterocycles. The third-order valence-corrected chi connectivity index (χ3v) is 6.00. The van der Waals surface area contributed by atoms with Gasteiger partial charge in [0.1, 0.15) is 0 Å². The first kappa shape index (κ1) is 22.2. The number of hydrogen-bond acceptors (Lipinski definition) is 4. The summed E-state index contributed by atoms with van der Waals surface area (Å²) in [6.07, 6.45) is 0.927. The van der Waals surface area contributed by atoms with Crippen LogP contribution in [-0.4, -0.2) is 22.8 Å². The van der Waals surface area contributed by atoms with Crippen molar-refractivity contribution in [3.63, 3.8) is 0 Å². The molecular weight excluding hydrogens is 418 g/mol. The fourth-order valence-electron chi connectivity index (χ4n) is 4.50. The number of nitro benzene ring substituents is 1. The minimum Gasteiger partial charge on any atom is -0.309 e. The minimum atomic E-state index is -0.504. The number of para-hydroxylation sites is 2. The maximum atomic E-state index is 13.8. The summed E-state index contributed by atoms with van der Waals surface area (Å²) < 4.78 is 0. The van der Waals surface area contributed by atoms with Crippen molar-refractivity contribution in [2.75, 3.05) is 9.80 Å². The molecule has 4 rings (SSSR count). The number of nitrogens with zero attached hydrogens (tertiary/aromatic N) is 3. The summed E-state index contributed by atoms with van der Waals surface area (Å²) in [6, 6.07) is 22.3. The second-order valence-electron chi connectivity index (χ2n) is 8.09. The van der Waals surface area contributed by atoms with E-state index < -0.39 is 4.92 Å². The van der Waals surface area contributed by atoms with Gasteiger partial charge in [-0.05, 0) is 43.2 Å². The molecule has 0 spiro atoms. The summed E-state index contributed by atoms with van der Waals surface area (Å²) in [5.74, 6) is -0.295. The molecule has 0 saturated carbocycles. The van der Waals surface area contributed by atoms with Crippen LogP contribution in [0.2, 0.25) is 0 Å². The lowest BCUT2D eigenvalue weighted by Gasteiger charge is -2.43. The molecule has 168 valence electrons. The number of anilines is 2. The fraction of sp³-hybridized carbons (Fsp3) is 0.231. The van der Waals surface area contributed by atoms with Crippen LogP contribution in [0.1, 0.15) is 48.7 Å². The predicted octanol–water partition coefficient (Wildman–Crippen LogP) is 5.52. The van der Waals surface area contributed by atoms with Gasteiger partial charge in [-0.2, -0.15) is 0 Å². The van der Waals surface area contributed by atoms with Gasteiger partial charge in [0.25, 0.3) is 11.6 Å². The molecule has 1 aliphatic rings. The number of rotatable bonds is 5. The number of fused-ring (bicyclic) bond motifs is 1. The lowest BCUT2D eigenvalue weighted by Crippen LogP contribution is -2.47. The van der Waals surface area contributed by atoms with E-state index >= 15 is 0 Å². The van der Waals surface area contributed by atoms with E-state index in [0.717, 1.165) is 11.3 Å². The number of amides is 2. The average Bonchev–Trinajstić information content (AvgIpc) is 2.84. The highest BCUT2D eigenvalue weighted by Gasteiger charge is 2.38. The average molecular weight is 444 g/mol. The minimum absolute atomic E-state index is 0.0321. The quantitative estimate of drug-likeness (QED) is 0.384. The zero-order valence-electron chi connectivity index (χ0n) is 18.5. The van der Waals surface area contributed by atoms with Gasteiger partial charge in [-0.3, -0.25) is 19.7 Å². The Hall–Kier alpha value is -4.00. The molecule has 2 atom stereocenters. The number of carbonyl (C=O) groups excluding carboxylic acids is 2. The van der Waals surface area contributed by atoms with Gasteiger partial charge in [-0.15, -0.1) is 0 Å². The maximum absolute atomic E-state index is 13.8. The van der Waals surface area contributed by atoms with Crippen molar-refractivity contribution in [3.05, 3.63) is 100 Å². The molecule has 3 aromatic rings. The Morgan fingerprint density at radius 3 is 2.42 bits per heavy atom. The van der Waals surface area contributed by atoms with Crippen LogP contribution >= 0.6 is 0 Å². The van der Waals surface area contributed by atoms with Crippen molar-refractivity contribution in [3.8, 4) is 0 Å². The Kier molecular flexibility index (Phi) is 6.22. The molecule has 7 nitrogen and oxygen atoms in total. The monoisotopic (exact) mass is 443 g/mol. The summed E-state index contributed by atoms with van der Waals surface area (Å²) in [5.41, 5.74) is 2.47. The smallest absolute Gasteiger partial charge is 0.270 e. The van der Waals surface area contributed by atoms with Crippen molar-refractivity contribution < 1.29 is 14.5 Å². The van der Waals surface area contributed by atoms with Crippen LogP contribution in [-0.2, 0) is 4.79 Å². The van der Waals surface area contributed by atoms with E-state index in [1.165, 1.54) is 18.2 Å². The number of nitro groups is 1. The van der Waals surface area contributed by atoms with Crippen LogP contribution in [0, 0.1) is 10.1 Å². The molecule has 0 radical (unpaired) electrons. The molecule has 0 bridgehead atoms. The van der Waals surface area contributed by atoms with E-state index in [9.17, 15) is 19.7 Å².